The first-order chi connectivity index (χ1) is 16.4. The molecule has 0 saturated carbocycles. The van der Waals surface area contributed by atoms with Gasteiger partial charge in [0, 0.05) is 35.9 Å². The van der Waals surface area contributed by atoms with Crippen molar-refractivity contribution in [1.82, 2.24) is 9.80 Å². The van der Waals surface area contributed by atoms with Crippen LogP contribution in [0.5, 0.6) is 11.5 Å². The molecule has 2 amide bonds. The van der Waals surface area contributed by atoms with Gasteiger partial charge in [-0.15, -0.1) is 11.3 Å². The van der Waals surface area contributed by atoms with Gasteiger partial charge in [0.05, 0.1) is 33.4 Å². The maximum Gasteiger partial charge on any atom is 0.242 e. The van der Waals surface area contributed by atoms with Crippen LogP contribution in [0.2, 0.25) is 0 Å². The second-order valence-corrected chi connectivity index (χ2v) is 9.90. The van der Waals surface area contributed by atoms with Crippen molar-refractivity contribution in [2.24, 2.45) is 0 Å². The second-order valence-electron chi connectivity index (χ2n) is 8.53. The van der Waals surface area contributed by atoms with E-state index >= 15 is 0 Å². The molecule has 3 rings (SSSR count). The third kappa shape index (κ3) is 7.21. The molecule has 1 aromatic heterocycles. The molecule has 1 unspecified atom stereocenters. The molecule has 1 aliphatic rings. The molecule has 8 heteroatoms. The summed E-state index contributed by atoms with van der Waals surface area (Å²) >= 11 is 1.69. The highest BCUT2D eigenvalue weighted by Gasteiger charge is 2.26. The van der Waals surface area contributed by atoms with Crippen LogP contribution < -0.4 is 9.47 Å². The van der Waals surface area contributed by atoms with Gasteiger partial charge >= 0.3 is 0 Å². The van der Waals surface area contributed by atoms with Crippen LogP contribution >= 0.6 is 11.3 Å². The van der Waals surface area contributed by atoms with E-state index in [1.807, 2.05) is 30.0 Å². The quantitative estimate of drug-likeness (QED) is 0.451. The highest BCUT2D eigenvalue weighted by Crippen LogP contribution is 2.28. The van der Waals surface area contributed by atoms with Crippen molar-refractivity contribution in [3.05, 3.63) is 45.6 Å². The standard InChI is InChI=1S/C26H36N2O5S/c1-5-25(29)28(16-21-7-6-14-33-21)18-26(30)27(17-22-10-8-19(2)34-22)13-12-20-9-11-23(31-3)24(15-20)32-4/h8-11,15,21H,5-7,12-14,16-18H2,1-4H3. The van der Waals surface area contributed by atoms with Crippen LogP contribution in [0, 0.1) is 6.92 Å². The number of nitrogens with zero attached hydrogens (tertiary/aromatic N) is 2. The predicted octanol–water partition coefficient (Wildman–Crippen LogP) is 4.06. The maximum absolute atomic E-state index is 13.5. The lowest BCUT2D eigenvalue weighted by Gasteiger charge is -2.29. The topological polar surface area (TPSA) is 68.3 Å². The van der Waals surface area contributed by atoms with Crippen molar-refractivity contribution in [3.8, 4) is 11.5 Å². The average molecular weight is 489 g/mol. The van der Waals surface area contributed by atoms with Gasteiger partial charge < -0.3 is 24.0 Å². The molecule has 1 saturated heterocycles. The van der Waals surface area contributed by atoms with E-state index in [1.54, 1.807) is 30.5 Å². The van der Waals surface area contributed by atoms with E-state index in [0.29, 0.717) is 44.0 Å². The lowest BCUT2D eigenvalue weighted by atomic mass is 10.1. The molecule has 34 heavy (non-hydrogen) atoms. The lowest BCUT2D eigenvalue weighted by Crippen LogP contribution is -2.45. The van der Waals surface area contributed by atoms with Crippen LogP contribution in [-0.4, -0.2) is 68.2 Å². The molecule has 186 valence electrons. The van der Waals surface area contributed by atoms with Crippen molar-refractivity contribution >= 4 is 23.2 Å². The first-order valence-corrected chi connectivity index (χ1v) is 12.7. The Labute approximate surface area is 206 Å². The SMILES string of the molecule is CCC(=O)N(CC(=O)N(CCc1ccc(OC)c(OC)c1)Cc1ccc(C)s1)CC1CCCO1. The lowest BCUT2D eigenvalue weighted by molar-refractivity contribution is -0.141. The van der Waals surface area contributed by atoms with Crippen LogP contribution in [0.3, 0.4) is 0 Å². The molecular formula is C26H36N2O5S. The first-order valence-electron chi connectivity index (χ1n) is 11.9. The van der Waals surface area contributed by atoms with Crippen molar-refractivity contribution in [3.63, 3.8) is 0 Å². The van der Waals surface area contributed by atoms with Crippen LogP contribution in [0.25, 0.3) is 0 Å². The molecule has 0 spiro atoms. The predicted molar refractivity (Wildman–Crippen MR) is 134 cm³/mol. The number of rotatable bonds is 12. The average Bonchev–Trinajstić information content (AvgIpc) is 3.51. The van der Waals surface area contributed by atoms with E-state index in [-0.39, 0.29) is 24.5 Å². The Morgan fingerprint density at radius 2 is 1.88 bits per heavy atom. The van der Waals surface area contributed by atoms with Crippen molar-refractivity contribution in [2.45, 2.75) is 52.2 Å². The van der Waals surface area contributed by atoms with Gasteiger partial charge in [-0.25, -0.2) is 0 Å². The van der Waals surface area contributed by atoms with Crippen molar-refractivity contribution in [2.75, 3.05) is 40.5 Å². The molecular weight excluding hydrogens is 452 g/mol. The van der Waals surface area contributed by atoms with Crippen LogP contribution in [0.1, 0.15) is 41.5 Å². The highest BCUT2D eigenvalue weighted by molar-refractivity contribution is 7.11. The monoisotopic (exact) mass is 488 g/mol. The van der Waals surface area contributed by atoms with Gasteiger partial charge in [-0.2, -0.15) is 0 Å². The van der Waals surface area contributed by atoms with E-state index in [4.69, 9.17) is 14.2 Å². The Morgan fingerprint density at radius 3 is 2.50 bits per heavy atom. The Hall–Kier alpha value is -2.58. The Kier molecular flexibility index (Phi) is 9.77. The molecule has 0 radical (unpaired) electrons. The van der Waals surface area contributed by atoms with Gasteiger partial charge in [0.15, 0.2) is 11.5 Å². The largest absolute Gasteiger partial charge is 0.493 e. The molecule has 2 aromatic rings. The van der Waals surface area contributed by atoms with Gasteiger partial charge in [-0.05, 0) is 56.0 Å². The van der Waals surface area contributed by atoms with Gasteiger partial charge in [0.1, 0.15) is 0 Å². The normalized spacial score (nSPS) is 15.2. The number of carbonyl (C=O) groups is 2. The number of hydrogen-bond donors (Lipinski definition) is 0. The van der Waals surface area contributed by atoms with E-state index < -0.39 is 0 Å². The molecule has 1 atom stereocenters. The number of amides is 2. The summed E-state index contributed by atoms with van der Waals surface area (Å²) in [5.74, 6) is 1.28. The number of ether oxygens (including phenoxy) is 3. The smallest absolute Gasteiger partial charge is 0.242 e. The maximum atomic E-state index is 13.5. The molecule has 0 N–H and O–H groups in total. The zero-order valence-electron chi connectivity index (χ0n) is 20.7. The zero-order chi connectivity index (χ0) is 24.5. The summed E-state index contributed by atoms with van der Waals surface area (Å²) in [6.45, 7) is 6.23. The van der Waals surface area contributed by atoms with Gasteiger partial charge in [0.2, 0.25) is 11.8 Å². The highest BCUT2D eigenvalue weighted by atomic mass is 32.1. The minimum atomic E-state index is -0.0497. The fourth-order valence-electron chi connectivity index (χ4n) is 4.13. The Balaban J connectivity index is 1.72. The molecule has 0 bridgehead atoms. The summed E-state index contributed by atoms with van der Waals surface area (Å²) in [5, 5.41) is 0. The second kappa shape index (κ2) is 12.8. The summed E-state index contributed by atoms with van der Waals surface area (Å²) in [5.41, 5.74) is 1.05. The Bertz CT molecular complexity index is 954. The summed E-state index contributed by atoms with van der Waals surface area (Å²) in [6.07, 6.45) is 2.99. The molecule has 1 fully saturated rings. The van der Waals surface area contributed by atoms with E-state index in [2.05, 4.69) is 19.1 Å². The first kappa shape index (κ1) is 26.0. The molecule has 1 aromatic carbocycles. The summed E-state index contributed by atoms with van der Waals surface area (Å²) < 4.78 is 16.5. The molecule has 1 aliphatic heterocycles. The van der Waals surface area contributed by atoms with Crippen molar-refractivity contribution < 1.29 is 23.8 Å². The summed E-state index contributed by atoms with van der Waals surface area (Å²) in [4.78, 5) is 31.9. The number of aryl methyl sites for hydroxylation is 1. The van der Waals surface area contributed by atoms with Crippen molar-refractivity contribution in [1.29, 1.82) is 0 Å². The van der Waals surface area contributed by atoms with Gasteiger partial charge in [-0.3, -0.25) is 9.59 Å². The number of methoxy groups -OCH3 is 2. The summed E-state index contributed by atoms with van der Waals surface area (Å²) in [6, 6.07) is 9.95. The van der Waals surface area contributed by atoms with E-state index in [1.165, 1.54) is 4.88 Å². The van der Waals surface area contributed by atoms with E-state index in [0.717, 1.165) is 29.9 Å². The molecule has 0 aliphatic carbocycles. The molecule has 2 heterocycles. The number of hydrogen-bond acceptors (Lipinski definition) is 6. The third-order valence-electron chi connectivity index (χ3n) is 6.04. The number of thiophene rings is 1. The Morgan fingerprint density at radius 1 is 1.09 bits per heavy atom. The fourth-order valence-corrected chi connectivity index (χ4v) is 5.03. The van der Waals surface area contributed by atoms with Crippen LogP contribution in [0.4, 0.5) is 0 Å². The molecule has 7 nitrogen and oxygen atoms in total. The van der Waals surface area contributed by atoms with Gasteiger partial charge in [0.25, 0.3) is 0 Å². The minimum absolute atomic E-state index is 0.0171. The van der Waals surface area contributed by atoms with Crippen LogP contribution in [0.15, 0.2) is 30.3 Å². The zero-order valence-corrected chi connectivity index (χ0v) is 21.5. The van der Waals surface area contributed by atoms with Crippen LogP contribution in [-0.2, 0) is 27.3 Å². The third-order valence-corrected chi connectivity index (χ3v) is 7.03. The van der Waals surface area contributed by atoms with E-state index in [9.17, 15) is 9.59 Å². The summed E-state index contributed by atoms with van der Waals surface area (Å²) in [7, 11) is 3.23. The number of carbonyl (C=O) groups excluding carboxylic acids is 2. The minimum Gasteiger partial charge on any atom is -0.493 e. The fraction of sp³-hybridized carbons (Fsp3) is 0.538. The van der Waals surface area contributed by atoms with Gasteiger partial charge in [-0.1, -0.05) is 13.0 Å². The number of benzene rings is 1.